The Balaban J connectivity index is 1.98. The Morgan fingerprint density at radius 1 is 1.67 bits per heavy atom. The molecule has 0 radical (unpaired) electrons. The Kier molecular flexibility index (Phi) is 2.45. The molecule has 0 aromatic rings. The van der Waals surface area contributed by atoms with Gasteiger partial charge in [-0.1, -0.05) is 0 Å². The highest BCUT2D eigenvalue weighted by Gasteiger charge is 2.23. The van der Waals surface area contributed by atoms with E-state index in [1.807, 2.05) is 7.05 Å². The molecule has 1 saturated heterocycles. The Hall–Kier alpha value is -0.120. The molecule has 0 aromatic heterocycles. The van der Waals surface area contributed by atoms with Gasteiger partial charge in [0.25, 0.3) is 0 Å². The maximum absolute atomic E-state index is 5.45. The third-order valence-electron chi connectivity index (χ3n) is 1.75. The molecule has 3 nitrogen and oxygen atoms in total. The molecule has 0 amide bonds. The molecule has 54 valence electrons. The van der Waals surface area contributed by atoms with Gasteiger partial charge in [-0.05, 0) is 19.5 Å². The molecule has 3 heteroatoms. The van der Waals surface area contributed by atoms with Gasteiger partial charge < -0.3 is 11.1 Å². The molecule has 1 aliphatic rings. The topological polar surface area (TPSA) is 41.3 Å². The molecule has 0 unspecified atom stereocenters. The molecular weight excluding hydrogens is 114 g/mol. The first-order valence-corrected chi connectivity index (χ1v) is 3.44. The third-order valence-corrected chi connectivity index (χ3v) is 1.75. The number of hydrogen-bond acceptors (Lipinski definition) is 3. The van der Waals surface area contributed by atoms with Crippen molar-refractivity contribution in [1.29, 1.82) is 0 Å². The van der Waals surface area contributed by atoms with Crippen LogP contribution in [0.1, 0.15) is 0 Å². The predicted octanol–water partition coefficient (Wildman–Crippen LogP) is -0.946. The Morgan fingerprint density at radius 2 is 2.33 bits per heavy atom. The van der Waals surface area contributed by atoms with E-state index >= 15 is 0 Å². The van der Waals surface area contributed by atoms with Gasteiger partial charge in [0.2, 0.25) is 0 Å². The van der Waals surface area contributed by atoms with E-state index < -0.39 is 0 Å². The van der Waals surface area contributed by atoms with Crippen molar-refractivity contribution < 1.29 is 0 Å². The molecule has 1 fully saturated rings. The van der Waals surface area contributed by atoms with E-state index in [2.05, 4.69) is 10.2 Å². The van der Waals surface area contributed by atoms with Crippen LogP contribution in [0.15, 0.2) is 0 Å². The molecule has 1 rings (SSSR count). The maximum Gasteiger partial charge on any atom is 0.0478 e. The van der Waals surface area contributed by atoms with Crippen molar-refractivity contribution in [1.82, 2.24) is 10.2 Å². The van der Waals surface area contributed by atoms with Crippen LogP contribution in [0.2, 0.25) is 0 Å². The van der Waals surface area contributed by atoms with Gasteiger partial charge in [-0.2, -0.15) is 0 Å². The lowest BCUT2D eigenvalue weighted by Gasteiger charge is -2.38. The number of rotatable bonds is 3. The zero-order chi connectivity index (χ0) is 6.69. The summed E-state index contributed by atoms with van der Waals surface area (Å²) in [5.74, 6) is 0.762. The molecule has 0 aliphatic carbocycles. The third kappa shape index (κ3) is 1.64. The number of likely N-dealkylation sites (tertiary alicyclic amines) is 1. The molecule has 1 heterocycles. The minimum Gasteiger partial charge on any atom is -0.330 e. The van der Waals surface area contributed by atoms with E-state index in [4.69, 9.17) is 5.73 Å². The van der Waals surface area contributed by atoms with Crippen LogP contribution in [0, 0.1) is 5.92 Å². The quantitative estimate of drug-likeness (QED) is 0.516. The lowest BCUT2D eigenvalue weighted by molar-refractivity contribution is 0.0991. The van der Waals surface area contributed by atoms with Crippen LogP contribution in [0.3, 0.4) is 0 Å². The summed E-state index contributed by atoms with van der Waals surface area (Å²) in [5, 5.41) is 3.10. The van der Waals surface area contributed by atoms with E-state index in [-0.39, 0.29) is 0 Å². The SMILES string of the molecule is CNCN1CC(CN)C1. The number of nitrogens with one attached hydrogen (secondary N) is 1. The Labute approximate surface area is 56.2 Å². The molecule has 0 atom stereocenters. The second kappa shape index (κ2) is 3.15. The monoisotopic (exact) mass is 129 g/mol. The summed E-state index contributed by atoms with van der Waals surface area (Å²) in [7, 11) is 1.97. The zero-order valence-electron chi connectivity index (χ0n) is 5.93. The maximum atomic E-state index is 5.45. The van der Waals surface area contributed by atoms with Crippen molar-refractivity contribution in [3.05, 3.63) is 0 Å². The fourth-order valence-corrected chi connectivity index (χ4v) is 1.18. The summed E-state index contributed by atoms with van der Waals surface area (Å²) >= 11 is 0. The molecule has 0 aromatic carbocycles. The van der Waals surface area contributed by atoms with Gasteiger partial charge in [0, 0.05) is 19.8 Å². The highest BCUT2D eigenvalue weighted by Crippen LogP contribution is 2.11. The standard InChI is InChI=1S/C6H15N3/c1-8-5-9-3-6(2-7)4-9/h6,8H,2-5,7H2,1H3. The molecule has 0 spiro atoms. The van der Waals surface area contributed by atoms with Crippen LogP contribution < -0.4 is 11.1 Å². The number of hydrogen-bond donors (Lipinski definition) is 2. The van der Waals surface area contributed by atoms with Gasteiger partial charge in [0.1, 0.15) is 0 Å². The van der Waals surface area contributed by atoms with E-state index in [0.29, 0.717) is 0 Å². The summed E-state index contributed by atoms with van der Waals surface area (Å²) < 4.78 is 0. The smallest absolute Gasteiger partial charge is 0.0478 e. The minimum atomic E-state index is 0.762. The minimum absolute atomic E-state index is 0.762. The van der Waals surface area contributed by atoms with Crippen LogP contribution in [0.4, 0.5) is 0 Å². The lowest BCUT2D eigenvalue weighted by Crippen LogP contribution is -2.52. The van der Waals surface area contributed by atoms with Gasteiger partial charge in [0.15, 0.2) is 0 Å². The average molecular weight is 129 g/mol. The zero-order valence-corrected chi connectivity index (χ0v) is 5.93. The van der Waals surface area contributed by atoms with E-state index in [9.17, 15) is 0 Å². The first-order valence-electron chi connectivity index (χ1n) is 3.44. The van der Waals surface area contributed by atoms with Crippen molar-refractivity contribution >= 4 is 0 Å². The summed E-state index contributed by atoms with van der Waals surface area (Å²) in [6.07, 6.45) is 0. The van der Waals surface area contributed by atoms with Crippen molar-refractivity contribution in [2.24, 2.45) is 11.7 Å². The fourth-order valence-electron chi connectivity index (χ4n) is 1.18. The number of nitrogens with zero attached hydrogens (tertiary/aromatic N) is 1. The second-order valence-electron chi connectivity index (χ2n) is 2.65. The first kappa shape index (κ1) is 6.99. The van der Waals surface area contributed by atoms with Crippen LogP contribution in [0.5, 0.6) is 0 Å². The van der Waals surface area contributed by atoms with Crippen LogP contribution in [-0.4, -0.2) is 38.3 Å². The largest absolute Gasteiger partial charge is 0.330 e. The van der Waals surface area contributed by atoms with Gasteiger partial charge in [-0.25, -0.2) is 0 Å². The number of nitrogens with two attached hydrogens (primary N) is 1. The summed E-state index contributed by atoms with van der Waals surface area (Å²) in [5.41, 5.74) is 5.45. The normalized spacial score (nSPS) is 22.0. The molecule has 9 heavy (non-hydrogen) atoms. The van der Waals surface area contributed by atoms with Crippen LogP contribution in [0.25, 0.3) is 0 Å². The van der Waals surface area contributed by atoms with Crippen molar-refractivity contribution in [3.63, 3.8) is 0 Å². The molecule has 1 aliphatic heterocycles. The summed E-state index contributed by atoms with van der Waals surface area (Å²) in [4.78, 5) is 2.34. The Bertz CT molecular complexity index is 78.4. The van der Waals surface area contributed by atoms with Gasteiger partial charge >= 0.3 is 0 Å². The van der Waals surface area contributed by atoms with Gasteiger partial charge in [-0.15, -0.1) is 0 Å². The van der Waals surface area contributed by atoms with Crippen molar-refractivity contribution in [2.45, 2.75) is 0 Å². The molecule has 0 bridgehead atoms. The highest BCUT2D eigenvalue weighted by molar-refractivity contribution is 4.78. The van der Waals surface area contributed by atoms with Crippen molar-refractivity contribution in [2.75, 3.05) is 33.4 Å². The summed E-state index contributed by atoms with van der Waals surface area (Å²) in [6, 6.07) is 0. The summed E-state index contributed by atoms with van der Waals surface area (Å²) in [6.45, 7) is 4.21. The Morgan fingerprint density at radius 3 is 2.78 bits per heavy atom. The highest BCUT2D eigenvalue weighted by atomic mass is 15.3. The fraction of sp³-hybridized carbons (Fsp3) is 1.00. The average Bonchev–Trinajstić information content (AvgIpc) is 1.77. The molecular formula is C6H15N3. The van der Waals surface area contributed by atoms with Gasteiger partial charge in [0.05, 0.1) is 0 Å². The molecule has 0 saturated carbocycles. The van der Waals surface area contributed by atoms with E-state index in [1.165, 1.54) is 13.1 Å². The van der Waals surface area contributed by atoms with Crippen molar-refractivity contribution in [3.8, 4) is 0 Å². The van der Waals surface area contributed by atoms with E-state index in [0.717, 1.165) is 19.1 Å². The predicted molar refractivity (Wildman–Crippen MR) is 38.0 cm³/mol. The van der Waals surface area contributed by atoms with Crippen LogP contribution in [-0.2, 0) is 0 Å². The van der Waals surface area contributed by atoms with Crippen LogP contribution >= 0.6 is 0 Å². The molecule has 3 N–H and O–H groups in total. The lowest BCUT2D eigenvalue weighted by atomic mass is 10.0. The first-order chi connectivity index (χ1) is 4.36. The van der Waals surface area contributed by atoms with E-state index in [1.54, 1.807) is 0 Å². The van der Waals surface area contributed by atoms with Gasteiger partial charge in [-0.3, -0.25) is 4.90 Å². The second-order valence-corrected chi connectivity index (χ2v) is 2.65.